The van der Waals surface area contributed by atoms with Gasteiger partial charge in [-0.15, -0.1) is 0 Å². The van der Waals surface area contributed by atoms with Gasteiger partial charge in [-0.05, 0) is 59.6 Å². The van der Waals surface area contributed by atoms with Gasteiger partial charge in [0.2, 0.25) is 0 Å². The summed E-state index contributed by atoms with van der Waals surface area (Å²) in [5.41, 5.74) is 10.9. The van der Waals surface area contributed by atoms with Crippen LogP contribution in [0.1, 0.15) is 46.7 Å². The highest BCUT2D eigenvalue weighted by Crippen LogP contribution is 2.57. The van der Waals surface area contributed by atoms with Crippen LogP contribution in [0.15, 0.2) is 90.5 Å². The smallest absolute Gasteiger partial charge is 0.0710 e. The number of hydrogen-bond acceptors (Lipinski definition) is 0. The van der Waals surface area contributed by atoms with Crippen molar-refractivity contribution < 1.29 is 0 Å². The van der Waals surface area contributed by atoms with Crippen LogP contribution in [0, 0.1) is 19.8 Å². The highest BCUT2D eigenvalue weighted by Gasteiger charge is 2.47. The van der Waals surface area contributed by atoms with Crippen LogP contribution in [0.3, 0.4) is 0 Å². The summed E-state index contributed by atoms with van der Waals surface area (Å²) in [4.78, 5) is 0. The first kappa shape index (κ1) is 17.3. The molecule has 0 aliphatic heterocycles. The molecule has 0 aromatic heterocycles. The lowest BCUT2D eigenvalue weighted by Crippen LogP contribution is -2.29. The lowest BCUT2D eigenvalue weighted by Gasteiger charge is -2.35. The molecule has 0 nitrogen and oxygen atoms in total. The average molecular weight is 363 g/mol. The Labute approximate surface area is 168 Å². The van der Waals surface area contributed by atoms with Gasteiger partial charge < -0.3 is 0 Å². The van der Waals surface area contributed by atoms with Gasteiger partial charge in [0, 0.05) is 0 Å². The second kappa shape index (κ2) is 6.34. The van der Waals surface area contributed by atoms with Crippen LogP contribution < -0.4 is 0 Å². The van der Waals surface area contributed by atoms with E-state index in [-0.39, 0.29) is 5.41 Å². The highest BCUT2D eigenvalue weighted by molar-refractivity contribution is 5.88. The topological polar surface area (TPSA) is 0 Å². The largest absolute Gasteiger partial charge is 0.0810 e. The van der Waals surface area contributed by atoms with E-state index in [0.717, 1.165) is 6.42 Å². The first-order chi connectivity index (χ1) is 13.6. The summed E-state index contributed by atoms with van der Waals surface area (Å²) in [5.74, 6) is 0.582. The third-order valence-corrected chi connectivity index (χ3v) is 6.47. The highest BCUT2D eigenvalue weighted by atomic mass is 14.5. The SMILES string of the molecule is Cc1ccc(C2(c3ccc(C)cc3)C3=C(CC(C)C=C3)c3ccccc32)cc1. The van der Waals surface area contributed by atoms with Crippen LogP contribution in [-0.2, 0) is 5.41 Å². The molecule has 1 atom stereocenters. The molecule has 0 spiro atoms. The van der Waals surface area contributed by atoms with Crippen molar-refractivity contribution in [3.63, 3.8) is 0 Å². The molecule has 0 amide bonds. The Morgan fingerprint density at radius 3 is 1.93 bits per heavy atom. The average Bonchev–Trinajstić information content (AvgIpc) is 3.00. The molecule has 0 heteroatoms. The van der Waals surface area contributed by atoms with Crippen molar-refractivity contribution in [2.24, 2.45) is 5.92 Å². The van der Waals surface area contributed by atoms with Gasteiger partial charge in [0.1, 0.15) is 0 Å². The standard InChI is InChI=1S/C28H26/c1-19-8-13-22(14-9-19)28(23-15-10-20(2)11-16-23)26-7-5-4-6-24(26)25-18-21(3)12-17-27(25)28/h4-17,21H,18H2,1-3H3. The van der Waals surface area contributed by atoms with Gasteiger partial charge in [0.15, 0.2) is 0 Å². The van der Waals surface area contributed by atoms with Gasteiger partial charge in [0.25, 0.3) is 0 Å². The van der Waals surface area contributed by atoms with E-state index in [2.05, 4.69) is 106 Å². The monoisotopic (exact) mass is 362 g/mol. The van der Waals surface area contributed by atoms with Crippen molar-refractivity contribution in [3.05, 3.63) is 124 Å². The Kier molecular flexibility index (Phi) is 3.91. The molecule has 0 fully saturated rings. The Bertz CT molecular complexity index is 1050. The van der Waals surface area contributed by atoms with Gasteiger partial charge in [-0.3, -0.25) is 0 Å². The fraction of sp³-hybridized carbons (Fsp3) is 0.214. The molecule has 0 N–H and O–H groups in total. The van der Waals surface area contributed by atoms with Gasteiger partial charge in [-0.2, -0.15) is 0 Å². The van der Waals surface area contributed by atoms with Crippen molar-refractivity contribution in [1.82, 2.24) is 0 Å². The second-order valence-corrected chi connectivity index (χ2v) is 8.46. The maximum Gasteiger partial charge on any atom is 0.0710 e. The maximum absolute atomic E-state index is 2.41. The van der Waals surface area contributed by atoms with Crippen LogP contribution in [0.5, 0.6) is 0 Å². The van der Waals surface area contributed by atoms with Crippen LogP contribution in [0.4, 0.5) is 0 Å². The Balaban J connectivity index is 1.90. The van der Waals surface area contributed by atoms with Crippen LogP contribution >= 0.6 is 0 Å². The molecule has 0 saturated heterocycles. The van der Waals surface area contributed by atoms with E-state index in [1.807, 2.05) is 0 Å². The summed E-state index contributed by atoms with van der Waals surface area (Å²) in [6.45, 7) is 6.65. The molecule has 138 valence electrons. The predicted octanol–water partition coefficient (Wildman–Crippen LogP) is 7.00. The minimum absolute atomic E-state index is 0.232. The fourth-order valence-corrected chi connectivity index (χ4v) is 5.08. The molecule has 5 rings (SSSR count). The second-order valence-electron chi connectivity index (χ2n) is 8.46. The lowest BCUT2D eigenvalue weighted by atomic mass is 9.66. The zero-order valence-electron chi connectivity index (χ0n) is 16.9. The van der Waals surface area contributed by atoms with Gasteiger partial charge in [-0.1, -0.05) is 103 Å². The number of hydrogen-bond donors (Lipinski definition) is 0. The maximum atomic E-state index is 2.41. The van der Waals surface area contributed by atoms with Gasteiger partial charge in [0.05, 0.1) is 5.41 Å². The zero-order valence-corrected chi connectivity index (χ0v) is 16.9. The van der Waals surface area contributed by atoms with E-state index in [1.165, 1.54) is 44.5 Å². The molecule has 1 unspecified atom stereocenters. The third kappa shape index (κ3) is 2.37. The zero-order chi connectivity index (χ0) is 19.3. The molecule has 3 aromatic carbocycles. The minimum Gasteiger partial charge on any atom is -0.0810 e. The summed E-state index contributed by atoms with van der Waals surface area (Å²) < 4.78 is 0. The Morgan fingerprint density at radius 2 is 1.32 bits per heavy atom. The molecule has 2 aliphatic rings. The summed E-state index contributed by atoms with van der Waals surface area (Å²) >= 11 is 0. The van der Waals surface area contributed by atoms with Crippen molar-refractivity contribution in [1.29, 1.82) is 0 Å². The molecule has 0 heterocycles. The molecule has 3 aromatic rings. The minimum atomic E-state index is -0.232. The van der Waals surface area contributed by atoms with Crippen molar-refractivity contribution in [3.8, 4) is 0 Å². The fourth-order valence-electron chi connectivity index (χ4n) is 5.08. The van der Waals surface area contributed by atoms with Crippen LogP contribution in [0.2, 0.25) is 0 Å². The van der Waals surface area contributed by atoms with E-state index in [1.54, 1.807) is 0 Å². The molecular weight excluding hydrogens is 336 g/mol. The van der Waals surface area contributed by atoms with E-state index in [0.29, 0.717) is 5.92 Å². The molecule has 0 bridgehead atoms. The lowest BCUT2D eigenvalue weighted by molar-refractivity contribution is 0.717. The van der Waals surface area contributed by atoms with E-state index >= 15 is 0 Å². The normalized spacial score (nSPS) is 19.5. The molecule has 0 saturated carbocycles. The van der Waals surface area contributed by atoms with Crippen molar-refractivity contribution >= 4 is 5.57 Å². The number of aryl methyl sites for hydroxylation is 2. The molecular formula is C28H26. The number of rotatable bonds is 2. The summed E-state index contributed by atoms with van der Waals surface area (Å²) in [7, 11) is 0. The molecule has 28 heavy (non-hydrogen) atoms. The number of fused-ring (bicyclic) bond motifs is 2. The number of benzene rings is 3. The van der Waals surface area contributed by atoms with E-state index in [4.69, 9.17) is 0 Å². The van der Waals surface area contributed by atoms with Crippen LogP contribution in [-0.4, -0.2) is 0 Å². The van der Waals surface area contributed by atoms with Crippen LogP contribution in [0.25, 0.3) is 5.57 Å². The Hall–Kier alpha value is -2.86. The first-order valence-electron chi connectivity index (χ1n) is 10.3. The van der Waals surface area contributed by atoms with Gasteiger partial charge in [-0.25, -0.2) is 0 Å². The van der Waals surface area contributed by atoms with Crippen molar-refractivity contribution in [2.75, 3.05) is 0 Å². The Morgan fingerprint density at radius 1 is 0.750 bits per heavy atom. The van der Waals surface area contributed by atoms with E-state index < -0.39 is 0 Å². The molecule has 2 aliphatic carbocycles. The molecule has 0 radical (unpaired) electrons. The number of allylic oxidation sites excluding steroid dienone is 4. The summed E-state index contributed by atoms with van der Waals surface area (Å²) in [6.07, 6.45) is 5.91. The van der Waals surface area contributed by atoms with E-state index in [9.17, 15) is 0 Å². The third-order valence-electron chi connectivity index (χ3n) is 6.47. The van der Waals surface area contributed by atoms with Crippen molar-refractivity contribution in [2.45, 2.75) is 32.6 Å². The summed E-state index contributed by atoms with van der Waals surface area (Å²) in [5, 5.41) is 0. The first-order valence-corrected chi connectivity index (χ1v) is 10.3. The quantitative estimate of drug-likeness (QED) is 0.460. The van der Waals surface area contributed by atoms with Gasteiger partial charge >= 0.3 is 0 Å². The predicted molar refractivity (Wildman–Crippen MR) is 119 cm³/mol. The summed E-state index contributed by atoms with van der Waals surface area (Å²) in [6, 6.07) is 27.4.